The van der Waals surface area contributed by atoms with Crippen LogP contribution in [0.4, 0.5) is 0 Å². The molecular weight excluding hydrogens is 480 g/mol. The number of hydrogen-bond acceptors (Lipinski definition) is 7. The van der Waals surface area contributed by atoms with E-state index in [0.717, 1.165) is 28.1 Å². The van der Waals surface area contributed by atoms with Crippen molar-refractivity contribution in [3.8, 4) is 17.2 Å². The van der Waals surface area contributed by atoms with Crippen LogP contribution in [-0.4, -0.2) is 23.3 Å². The Bertz CT molecular complexity index is 1360. The van der Waals surface area contributed by atoms with Gasteiger partial charge in [-0.05, 0) is 57.5 Å². The SMILES string of the molecule is CCOC(=O)C(C)(C)C(=NOCc1ccc(OCc2nc(-c3ccccc3)oc2C)cc1)c1ccccc1. The average Bonchev–Trinajstić information content (AvgIpc) is 3.32. The van der Waals surface area contributed by atoms with Gasteiger partial charge in [0.15, 0.2) is 0 Å². The molecule has 0 radical (unpaired) electrons. The topological polar surface area (TPSA) is 83.2 Å². The summed E-state index contributed by atoms with van der Waals surface area (Å²) in [7, 11) is 0. The number of benzene rings is 3. The standard InChI is InChI=1S/C31H32N2O5/c1-5-35-30(34)31(3,4)28(24-12-8-6-9-13-24)33-37-20-23-16-18-26(19-17-23)36-21-27-22(2)38-29(32-27)25-14-10-7-11-15-25/h6-19H,5,20-21H2,1-4H3. The number of carbonyl (C=O) groups excluding carboxylic acids is 1. The number of aryl methyl sites for hydroxylation is 1. The zero-order valence-corrected chi connectivity index (χ0v) is 22.1. The number of hydrogen-bond donors (Lipinski definition) is 0. The maximum Gasteiger partial charge on any atom is 0.317 e. The third kappa shape index (κ3) is 6.48. The van der Waals surface area contributed by atoms with Crippen LogP contribution in [0.3, 0.4) is 0 Å². The fourth-order valence-electron chi connectivity index (χ4n) is 3.80. The number of esters is 1. The monoisotopic (exact) mass is 512 g/mol. The van der Waals surface area contributed by atoms with Gasteiger partial charge >= 0.3 is 5.97 Å². The first-order chi connectivity index (χ1) is 18.4. The van der Waals surface area contributed by atoms with E-state index in [1.807, 2.05) is 91.9 Å². The van der Waals surface area contributed by atoms with Crippen LogP contribution in [0.25, 0.3) is 11.5 Å². The molecule has 0 aliphatic carbocycles. The van der Waals surface area contributed by atoms with Crippen LogP contribution in [0.2, 0.25) is 0 Å². The quantitative estimate of drug-likeness (QED) is 0.126. The molecule has 0 bridgehead atoms. The molecule has 196 valence electrons. The van der Waals surface area contributed by atoms with E-state index in [4.69, 9.17) is 18.7 Å². The molecule has 0 unspecified atom stereocenters. The number of oxime groups is 1. The van der Waals surface area contributed by atoms with Crippen molar-refractivity contribution < 1.29 is 23.5 Å². The van der Waals surface area contributed by atoms with Crippen molar-refractivity contribution in [1.29, 1.82) is 0 Å². The smallest absolute Gasteiger partial charge is 0.317 e. The second kappa shape index (κ2) is 12.2. The number of aromatic nitrogens is 1. The van der Waals surface area contributed by atoms with Gasteiger partial charge in [-0.1, -0.05) is 65.8 Å². The van der Waals surface area contributed by atoms with Gasteiger partial charge in [0, 0.05) is 11.1 Å². The summed E-state index contributed by atoms with van der Waals surface area (Å²) in [5, 5.41) is 4.37. The Morgan fingerprint density at radius 2 is 1.58 bits per heavy atom. The van der Waals surface area contributed by atoms with E-state index in [2.05, 4.69) is 10.1 Å². The zero-order chi connectivity index (χ0) is 27.0. The van der Waals surface area contributed by atoms with Gasteiger partial charge in [0.25, 0.3) is 0 Å². The highest BCUT2D eigenvalue weighted by molar-refractivity contribution is 6.14. The van der Waals surface area contributed by atoms with E-state index in [0.29, 0.717) is 30.6 Å². The molecule has 0 N–H and O–H groups in total. The highest BCUT2D eigenvalue weighted by Crippen LogP contribution is 2.26. The van der Waals surface area contributed by atoms with Gasteiger partial charge in [-0.2, -0.15) is 0 Å². The van der Waals surface area contributed by atoms with E-state index < -0.39 is 5.41 Å². The molecule has 1 heterocycles. The van der Waals surface area contributed by atoms with Gasteiger partial charge in [0.2, 0.25) is 5.89 Å². The normalized spacial score (nSPS) is 11.7. The fraction of sp³-hybridized carbons (Fsp3) is 0.258. The Morgan fingerprint density at radius 1 is 0.921 bits per heavy atom. The lowest BCUT2D eigenvalue weighted by Gasteiger charge is -2.24. The zero-order valence-electron chi connectivity index (χ0n) is 22.1. The maximum atomic E-state index is 12.6. The summed E-state index contributed by atoms with van der Waals surface area (Å²) in [5.41, 5.74) is 2.92. The maximum absolute atomic E-state index is 12.6. The molecule has 38 heavy (non-hydrogen) atoms. The van der Waals surface area contributed by atoms with Crippen LogP contribution in [0.5, 0.6) is 5.75 Å². The Labute approximate surface area is 223 Å². The van der Waals surface area contributed by atoms with Crippen LogP contribution < -0.4 is 4.74 Å². The van der Waals surface area contributed by atoms with Gasteiger partial charge < -0.3 is 18.7 Å². The minimum absolute atomic E-state index is 0.234. The van der Waals surface area contributed by atoms with Crippen molar-refractivity contribution in [2.45, 2.75) is 40.9 Å². The molecular formula is C31H32N2O5. The number of oxazole rings is 1. The first-order valence-electron chi connectivity index (χ1n) is 12.5. The predicted octanol–water partition coefficient (Wildman–Crippen LogP) is 6.74. The van der Waals surface area contributed by atoms with Crippen LogP contribution in [-0.2, 0) is 27.6 Å². The third-order valence-corrected chi connectivity index (χ3v) is 6.02. The van der Waals surface area contributed by atoms with Gasteiger partial charge in [-0.25, -0.2) is 4.98 Å². The highest BCUT2D eigenvalue weighted by Gasteiger charge is 2.37. The summed E-state index contributed by atoms with van der Waals surface area (Å²) in [6.45, 7) is 8.06. The lowest BCUT2D eigenvalue weighted by molar-refractivity contribution is -0.149. The molecule has 0 spiro atoms. The van der Waals surface area contributed by atoms with Gasteiger partial charge in [0.1, 0.15) is 41.5 Å². The highest BCUT2D eigenvalue weighted by atomic mass is 16.6. The van der Waals surface area contributed by atoms with Crippen molar-refractivity contribution in [2.24, 2.45) is 10.6 Å². The first-order valence-corrected chi connectivity index (χ1v) is 12.5. The third-order valence-electron chi connectivity index (χ3n) is 6.02. The average molecular weight is 513 g/mol. The Kier molecular flexibility index (Phi) is 8.58. The van der Waals surface area contributed by atoms with Crippen LogP contribution in [0.15, 0.2) is 94.5 Å². The van der Waals surface area contributed by atoms with Crippen LogP contribution >= 0.6 is 0 Å². The number of carbonyl (C=O) groups is 1. The predicted molar refractivity (Wildman–Crippen MR) is 146 cm³/mol. The van der Waals surface area contributed by atoms with E-state index in [1.165, 1.54) is 0 Å². The van der Waals surface area contributed by atoms with Gasteiger partial charge in [-0.3, -0.25) is 4.79 Å². The molecule has 0 saturated heterocycles. The largest absolute Gasteiger partial charge is 0.487 e. The first kappa shape index (κ1) is 26.7. The summed E-state index contributed by atoms with van der Waals surface area (Å²) >= 11 is 0. The molecule has 0 amide bonds. The van der Waals surface area contributed by atoms with Crippen molar-refractivity contribution in [3.63, 3.8) is 0 Å². The van der Waals surface area contributed by atoms with Gasteiger partial charge in [-0.15, -0.1) is 0 Å². The van der Waals surface area contributed by atoms with Crippen molar-refractivity contribution in [1.82, 2.24) is 4.98 Å². The second-order valence-corrected chi connectivity index (χ2v) is 9.25. The Hall–Kier alpha value is -4.39. The summed E-state index contributed by atoms with van der Waals surface area (Å²) in [6, 6.07) is 26.8. The fourth-order valence-corrected chi connectivity index (χ4v) is 3.80. The lowest BCUT2D eigenvalue weighted by atomic mass is 9.83. The summed E-state index contributed by atoms with van der Waals surface area (Å²) in [6.07, 6.45) is 0. The lowest BCUT2D eigenvalue weighted by Crippen LogP contribution is -2.36. The van der Waals surface area contributed by atoms with Crippen LogP contribution in [0, 0.1) is 12.3 Å². The molecule has 7 nitrogen and oxygen atoms in total. The second-order valence-electron chi connectivity index (χ2n) is 9.25. The van der Waals surface area contributed by atoms with Gasteiger partial charge in [0.05, 0.1) is 6.61 Å². The van der Waals surface area contributed by atoms with Crippen molar-refractivity contribution in [2.75, 3.05) is 6.61 Å². The number of nitrogens with zero attached hydrogens (tertiary/aromatic N) is 2. The molecule has 4 aromatic rings. The molecule has 7 heteroatoms. The molecule has 0 aliphatic rings. The summed E-state index contributed by atoms with van der Waals surface area (Å²) in [5.74, 6) is 1.66. The molecule has 0 atom stereocenters. The Morgan fingerprint density at radius 3 is 2.24 bits per heavy atom. The number of rotatable bonds is 11. The van der Waals surface area contributed by atoms with Crippen LogP contribution in [0.1, 0.15) is 43.4 Å². The molecule has 0 aliphatic heterocycles. The number of ether oxygens (including phenoxy) is 2. The molecule has 0 fully saturated rings. The van der Waals surface area contributed by atoms with E-state index >= 15 is 0 Å². The van der Waals surface area contributed by atoms with Crippen molar-refractivity contribution >= 4 is 11.7 Å². The van der Waals surface area contributed by atoms with E-state index in [9.17, 15) is 4.79 Å². The van der Waals surface area contributed by atoms with E-state index in [-0.39, 0.29) is 12.6 Å². The minimum atomic E-state index is -0.977. The summed E-state index contributed by atoms with van der Waals surface area (Å²) in [4.78, 5) is 22.9. The van der Waals surface area contributed by atoms with E-state index in [1.54, 1.807) is 20.8 Å². The Balaban J connectivity index is 1.39. The summed E-state index contributed by atoms with van der Waals surface area (Å²) < 4.78 is 17.0. The molecule has 4 rings (SSSR count). The van der Waals surface area contributed by atoms with Crippen molar-refractivity contribution in [3.05, 3.63) is 108 Å². The molecule has 1 aromatic heterocycles. The molecule has 0 saturated carbocycles. The molecule has 3 aromatic carbocycles. The minimum Gasteiger partial charge on any atom is -0.487 e.